The molecular weight excluding hydrogens is 222 g/mol. The SMILES string of the molecule is Cc1cc(C)c(C2=NOC(C)(C)C2(C)C)c(C)c1. The zero-order valence-electron chi connectivity index (χ0n) is 12.5. The minimum Gasteiger partial charge on any atom is -0.389 e. The van der Waals surface area contributed by atoms with Crippen molar-refractivity contribution in [1.82, 2.24) is 0 Å². The van der Waals surface area contributed by atoms with E-state index in [2.05, 4.69) is 65.8 Å². The Morgan fingerprint density at radius 1 is 0.944 bits per heavy atom. The Kier molecular flexibility index (Phi) is 2.80. The van der Waals surface area contributed by atoms with E-state index in [1.165, 1.54) is 22.3 Å². The van der Waals surface area contributed by atoms with E-state index in [-0.39, 0.29) is 11.0 Å². The Bertz CT molecular complexity index is 501. The predicted molar refractivity (Wildman–Crippen MR) is 76.1 cm³/mol. The Balaban J connectivity index is 2.59. The molecule has 0 radical (unpaired) electrons. The predicted octanol–water partition coefficient (Wildman–Crippen LogP) is 4.15. The van der Waals surface area contributed by atoms with Crippen LogP contribution in [0.1, 0.15) is 49.9 Å². The van der Waals surface area contributed by atoms with Gasteiger partial charge in [-0.1, -0.05) is 36.7 Å². The van der Waals surface area contributed by atoms with Crippen molar-refractivity contribution in [2.45, 2.75) is 54.1 Å². The zero-order chi connectivity index (χ0) is 13.7. The summed E-state index contributed by atoms with van der Waals surface area (Å²) in [6.07, 6.45) is 0. The van der Waals surface area contributed by atoms with Gasteiger partial charge in [-0.05, 0) is 45.7 Å². The smallest absolute Gasteiger partial charge is 0.142 e. The van der Waals surface area contributed by atoms with E-state index >= 15 is 0 Å². The van der Waals surface area contributed by atoms with Gasteiger partial charge < -0.3 is 4.84 Å². The van der Waals surface area contributed by atoms with Crippen LogP contribution < -0.4 is 0 Å². The van der Waals surface area contributed by atoms with Crippen LogP contribution in [0.5, 0.6) is 0 Å². The van der Waals surface area contributed by atoms with E-state index < -0.39 is 0 Å². The second-order valence-corrected chi connectivity index (χ2v) is 6.44. The van der Waals surface area contributed by atoms with Gasteiger partial charge in [0.1, 0.15) is 5.60 Å². The lowest BCUT2D eigenvalue weighted by Crippen LogP contribution is -2.41. The van der Waals surface area contributed by atoms with E-state index in [0.29, 0.717) is 0 Å². The van der Waals surface area contributed by atoms with E-state index in [1.807, 2.05) is 0 Å². The van der Waals surface area contributed by atoms with Gasteiger partial charge in [0, 0.05) is 5.56 Å². The Morgan fingerprint density at radius 3 is 1.83 bits per heavy atom. The molecule has 1 aromatic carbocycles. The van der Waals surface area contributed by atoms with Crippen LogP contribution in [-0.2, 0) is 4.84 Å². The number of nitrogens with zero attached hydrogens (tertiary/aromatic N) is 1. The number of aryl methyl sites for hydroxylation is 3. The third-order valence-corrected chi connectivity index (χ3v) is 4.38. The minimum absolute atomic E-state index is 0.0855. The van der Waals surface area contributed by atoms with Crippen LogP contribution in [0.25, 0.3) is 0 Å². The maximum Gasteiger partial charge on any atom is 0.142 e. The molecule has 98 valence electrons. The summed E-state index contributed by atoms with van der Waals surface area (Å²) in [6, 6.07) is 4.43. The molecule has 0 unspecified atom stereocenters. The molecule has 0 amide bonds. The number of benzene rings is 1. The Hall–Kier alpha value is -1.31. The van der Waals surface area contributed by atoms with Gasteiger partial charge >= 0.3 is 0 Å². The molecule has 2 rings (SSSR count). The summed E-state index contributed by atoms with van der Waals surface area (Å²) in [4.78, 5) is 5.65. The summed E-state index contributed by atoms with van der Waals surface area (Å²) in [5.74, 6) is 0. The quantitative estimate of drug-likeness (QED) is 0.728. The Labute approximate surface area is 110 Å². The van der Waals surface area contributed by atoms with Crippen LogP contribution in [0.2, 0.25) is 0 Å². The summed E-state index contributed by atoms with van der Waals surface area (Å²) >= 11 is 0. The molecule has 2 nitrogen and oxygen atoms in total. The number of oxime groups is 1. The van der Waals surface area contributed by atoms with Crippen LogP contribution in [0.15, 0.2) is 17.3 Å². The van der Waals surface area contributed by atoms with E-state index in [0.717, 1.165) is 5.71 Å². The molecule has 0 bridgehead atoms. The van der Waals surface area contributed by atoms with E-state index in [9.17, 15) is 0 Å². The van der Waals surface area contributed by atoms with Gasteiger partial charge in [-0.2, -0.15) is 0 Å². The van der Waals surface area contributed by atoms with Gasteiger partial charge in [0.2, 0.25) is 0 Å². The van der Waals surface area contributed by atoms with Crippen LogP contribution >= 0.6 is 0 Å². The van der Waals surface area contributed by atoms with Crippen molar-refractivity contribution < 1.29 is 4.84 Å². The first-order chi connectivity index (χ1) is 8.17. The first-order valence-electron chi connectivity index (χ1n) is 6.52. The number of rotatable bonds is 1. The minimum atomic E-state index is -0.258. The summed E-state index contributed by atoms with van der Waals surface area (Å²) in [7, 11) is 0. The molecule has 0 aromatic heterocycles. The molecule has 1 aromatic rings. The molecular formula is C16H23NO. The van der Waals surface area contributed by atoms with Crippen molar-refractivity contribution in [2.24, 2.45) is 10.6 Å². The highest BCUT2D eigenvalue weighted by Crippen LogP contribution is 2.43. The Morgan fingerprint density at radius 2 is 1.44 bits per heavy atom. The third kappa shape index (κ3) is 1.75. The number of hydrogen-bond donors (Lipinski definition) is 0. The van der Waals surface area contributed by atoms with Crippen LogP contribution in [0.4, 0.5) is 0 Å². The fourth-order valence-corrected chi connectivity index (χ4v) is 2.58. The molecule has 18 heavy (non-hydrogen) atoms. The van der Waals surface area contributed by atoms with Crippen molar-refractivity contribution in [2.75, 3.05) is 0 Å². The van der Waals surface area contributed by atoms with Crippen LogP contribution in [0, 0.1) is 26.2 Å². The second kappa shape index (κ2) is 3.84. The standard InChI is InChI=1S/C16H23NO/c1-10-8-11(2)13(12(3)9-10)14-15(4,5)16(6,7)18-17-14/h8-9H,1-7H3. The van der Waals surface area contributed by atoms with Crippen LogP contribution in [0.3, 0.4) is 0 Å². The summed E-state index contributed by atoms with van der Waals surface area (Å²) in [5, 5.41) is 4.38. The van der Waals surface area contributed by atoms with Crippen molar-refractivity contribution in [3.05, 3.63) is 34.4 Å². The van der Waals surface area contributed by atoms with Crippen molar-refractivity contribution in [3.63, 3.8) is 0 Å². The van der Waals surface area contributed by atoms with Gasteiger partial charge in [0.05, 0.1) is 11.1 Å². The topological polar surface area (TPSA) is 21.6 Å². The lowest BCUT2D eigenvalue weighted by Gasteiger charge is -2.33. The lowest BCUT2D eigenvalue weighted by atomic mass is 9.71. The highest BCUT2D eigenvalue weighted by Gasteiger charge is 2.49. The van der Waals surface area contributed by atoms with Gasteiger partial charge in [-0.25, -0.2) is 0 Å². The molecule has 0 spiro atoms. The van der Waals surface area contributed by atoms with Gasteiger partial charge in [0.15, 0.2) is 0 Å². The van der Waals surface area contributed by atoms with Crippen LogP contribution in [-0.4, -0.2) is 11.3 Å². The van der Waals surface area contributed by atoms with E-state index in [4.69, 9.17) is 4.84 Å². The zero-order valence-corrected chi connectivity index (χ0v) is 12.5. The summed E-state index contributed by atoms with van der Waals surface area (Å²) in [6.45, 7) is 15.0. The van der Waals surface area contributed by atoms with Crippen molar-refractivity contribution in [3.8, 4) is 0 Å². The van der Waals surface area contributed by atoms with Gasteiger partial charge in [-0.15, -0.1) is 0 Å². The first kappa shape index (κ1) is 13.1. The molecule has 0 aliphatic carbocycles. The second-order valence-electron chi connectivity index (χ2n) is 6.44. The van der Waals surface area contributed by atoms with Crippen molar-refractivity contribution >= 4 is 5.71 Å². The fourth-order valence-electron chi connectivity index (χ4n) is 2.58. The third-order valence-electron chi connectivity index (χ3n) is 4.38. The van der Waals surface area contributed by atoms with Gasteiger partial charge in [0.25, 0.3) is 0 Å². The molecule has 0 fully saturated rings. The maximum atomic E-state index is 5.65. The molecule has 0 saturated carbocycles. The van der Waals surface area contributed by atoms with Crippen molar-refractivity contribution in [1.29, 1.82) is 0 Å². The first-order valence-corrected chi connectivity index (χ1v) is 6.52. The number of hydrogen-bond acceptors (Lipinski definition) is 2. The monoisotopic (exact) mass is 245 g/mol. The molecule has 0 N–H and O–H groups in total. The molecule has 0 saturated heterocycles. The summed E-state index contributed by atoms with van der Waals surface area (Å²) < 4.78 is 0. The average molecular weight is 245 g/mol. The molecule has 1 heterocycles. The average Bonchev–Trinajstić information content (AvgIpc) is 2.39. The summed E-state index contributed by atoms with van der Waals surface area (Å²) in [5.41, 5.74) is 5.83. The molecule has 1 aliphatic heterocycles. The normalized spacial score (nSPS) is 20.5. The largest absolute Gasteiger partial charge is 0.389 e. The molecule has 0 atom stereocenters. The molecule has 1 aliphatic rings. The highest BCUT2D eigenvalue weighted by atomic mass is 16.7. The fraction of sp³-hybridized carbons (Fsp3) is 0.562. The van der Waals surface area contributed by atoms with Gasteiger partial charge in [-0.3, -0.25) is 0 Å². The molecule has 2 heteroatoms. The lowest BCUT2D eigenvalue weighted by molar-refractivity contribution is -0.0409. The highest BCUT2D eigenvalue weighted by molar-refractivity contribution is 6.07. The van der Waals surface area contributed by atoms with E-state index in [1.54, 1.807) is 0 Å². The maximum absolute atomic E-state index is 5.65.